The van der Waals surface area contributed by atoms with Crippen molar-refractivity contribution >= 4 is 34.5 Å². The number of carbonyl (C=O) groups excluding carboxylic acids is 1. The molecule has 0 saturated heterocycles. The molecule has 1 N–H and O–H groups in total. The van der Waals surface area contributed by atoms with Gasteiger partial charge in [-0.3, -0.25) is 9.59 Å². The van der Waals surface area contributed by atoms with Crippen LogP contribution in [0.1, 0.15) is 24.7 Å². The zero-order valence-corrected chi connectivity index (χ0v) is 16.0. The molecular formula is C21H19ClFN3O2. The molecule has 7 heteroatoms. The van der Waals surface area contributed by atoms with Crippen LogP contribution in [-0.4, -0.2) is 27.3 Å². The molecule has 0 atom stereocenters. The Morgan fingerprint density at radius 3 is 2.82 bits per heavy atom. The van der Waals surface area contributed by atoms with E-state index in [1.54, 1.807) is 41.3 Å². The van der Waals surface area contributed by atoms with Crippen molar-refractivity contribution in [3.05, 3.63) is 81.1 Å². The van der Waals surface area contributed by atoms with Crippen molar-refractivity contribution in [2.24, 2.45) is 0 Å². The highest BCUT2D eigenvalue weighted by Gasteiger charge is 2.13. The van der Waals surface area contributed by atoms with Gasteiger partial charge in [0, 0.05) is 23.2 Å². The number of rotatable bonds is 6. The molecule has 3 aromatic rings. The van der Waals surface area contributed by atoms with Gasteiger partial charge < -0.3 is 9.88 Å². The van der Waals surface area contributed by atoms with Gasteiger partial charge in [0.15, 0.2) is 0 Å². The van der Waals surface area contributed by atoms with Gasteiger partial charge in [-0.2, -0.15) is 0 Å². The Bertz CT molecular complexity index is 1090. The van der Waals surface area contributed by atoms with Crippen LogP contribution in [0, 0.1) is 5.82 Å². The third-order valence-corrected chi connectivity index (χ3v) is 4.41. The smallest absolute Gasteiger partial charge is 0.258 e. The quantitative estimate of drug-likeness (QED) is 0.633. The van der Waals surface area contributed by atoms with Gasteiger partial charge in [-0.15, -0.1) is 0 Å². The predicted octanol–water partition coefficient (Wildman–Crippen LogP) is 4.17. The summed E-state index contributed by atoms with van der Waals surface area (Å²) in [5, 5.41) is 0.909. The Balaban J connectivity index is 1.84. The minimum absolute atomic E-state index is 0.131. The van der Waals surface area contributed by atoms with Gasteiger partial charge in [0.25, 0.3) is 5.56 Å². The van der Waals surface area contributed by atoms with E-state index in [9.17, 15) is 14.0 Å². The van der Waals surface area contributed by atoms with Crippen LogP contribution in [0.25, 0.3) is 17.0 Å². The SMILES string of the molecule is CCCN(Cc1nc2cc(Cl)ccc2c(=O)[nH]1)C(=O)/C=C/c1ccccc1F. The molecule has 0 radical (unpaired) electrons. The number of fused-ring (bicyclic) bond motifs is 1. The molecule has 1 amide bonds. The van der Waals surface area contributed by atoms with Gasteiger partial charge in [-0.1, -0.05) is 36.7 Å². The van der Waals surface area contributed by atoms with E-state index in [1.807, 2.05) is 6.92 Å². The molecule has 0 unspecified atom stereocenters. The number of carbonyl (C=O) groups is 1. The number of amides is 1. The van der Waals surface area contributed by atoms with Crippen LogP contribution in [0.4, 0.5) is 4.39 Å². The number of H-pyrrole nitrogens is 1. The highest BCUT2D eigenvalue weighted by molar-refractivity contribution is 6.31. The molecule has 28 heavy (non-hydrogen) atoms. The highest BCUT2D eigenvalue weighted by Crippen LogP contribution is 2.15. The van der Waals surface area contributed by atoms with Crippen LogP contribution in [0.15, 0.2) is 53.3 Å². The van der Waals surface area contributed by atoms with Gasteiger partial charge >= 0.3 is 0 Å². The van der Waals surface area contributed by atoms with Crippen LogP contribution in [0.5, 0.6) is 0 Å². The number of benzene rings is 2. The molecular weight excluding hydrogens is 381 g/mol. The van der Waals surface area contributed by atoms with Crippen LogP contribution < -0.4 is 5.56 Å². The Morgan fingerprint density at radius 1 is 1.29 bits per heavy atom. The Kier molecular flexibility index (Phi) is 6.21. The third-order valence-electron chi connectivity index (χ3n) is 4.17. The number of hydrogen-bond acceptors (Lipinski definition) is 3. The summed E-state index contributed by atoms with van der Waals surface area (Å²) in [7, 11) is 0. The van der Waals surface area contributed by atoms with E-state index in [1.165, 1.54) is 18.2 Å². The maximum atomic E-state index is 13.7. The highest BCUT2D eigenvalue weighted by atomic mass is 35.5. The third kappa shape index (κ3) is 4.64. The first kappa shape index (κ1) is 19.8. The van der Waals surface area contributed by atoms with Gasteiger partial charge in [-0.05, 0) is 36.8 Å². The zero-order chi connectivity index (χ0) is 20.1. The summed E-state index contributed by atoms with van der Waals surface area (Å²) in [4.78, 5) is 33.5. The molecule has 144 valence electrons. The number of aromatic nitrogens is 2. The Labute approximate surface area is 166 Å². The first-order valence-electron chi connectivity index (χ1n) is 8.88. The van der Waals surface area contributed by atoms with Crippen molar-refractivity contribution in [3.63, 3.8) is 0 Å². The second-order valence-electron chi connectivity index (χ2n) is 6.29. The van der Waals surface area contributed by atoms with Gasteiger partial charge in [0.1, 0.15) is 11.6 Å². The van der Waals surface area contributed by atoms with E-state index >= 15 is 0 Å². The van der Waals surface area contributed by atoms with Gasteiger partial charge in [0.2, 0.25) is 5.91 Å². The molecule has 3 rings (SSSR count). The number of nitrogens with one attached hydrogen (secondary N) is 1. The van der Waals surface area contributed by atoms with E-state index in [0.29, 0.717) is 33.9 Å². The maximum absolute atomic E-state index is 13.7. The van der Waals surface area contributed by atoms with Crippen LogP contribution in [0.3, 0.4) is 0 Å². The van der Waals surface area contributed by atoms with Crippen molar-refractivity contribution in [3.8, 4) is 0 Å². The van der Waals surface area contributed by atoms with Crippen molar-refractivity contribution in [2.75, 3.05) is 6.54 Å². The summed E-state index contributed by atoms with van der Waals surface area (Å²) in [6, 6.07) is 11.1. The molecule has 0 fully saturated rings. The average molecular weight is 400 g/mol. The van der Waals surface area contributed by atoms with E-state index in [-0.39, 0.29) is 18.0 Å². The fraction of sp³-hybridized carbons (Fsp3) is 0.190. The fourth-order valence-corrected chi connectivity index (χ4v) is 3.00. The number of nitrogens with zero attached hydrogens (tertiary/aromatic N) is 2. The number of aromatic amines is 1. The molecule has 5 nitrogen and oxygen atoms in total. The molecule has 0 bridgehead atoms. The van der Waals surface area contributed by atoms with Crippen LogP contribution in [0.2, 0.25) is 5.02 Å². The minimum Gasteiger partial charge on any atom is -0.332 e. The zero-order valence-electron chi connectivity index (χ0n) is 15.3. The lowest BCUT2D eigenvalue weighted by Crippen LogP contribution is -2.31. The van der Waals surface area contributed by atoms with Crippen molar-refractivity contribution in [1.82, 2.24) is 14.9 Å². The van der Waals surface area contributed by atoms with Crippen molar-refractivity contribution in [1.29, 1.82) is 0 Å². The molecule has 0 aliphatic rings. The second-order valence-corrected chi connectivity index (χ2v) is 6.73. The summed E-state index contributed by atoms with van der Waals surface area (Å²) in [5.74, 6) is -0.328. The molecule has 1 aromatic heterocycles. The summed E-state index contributed by atoms with van der Waals surface area (Å²) < 4.78 is 13.7. The number of halogens is 2. The van der Waals surface area contributed by atoms with E-state index in [4.69, 9.17) is 11.6 Å². The average Bonchev–Trinajstić information content (AvgIpc) is 2.66. The predicted molar refractivity (Wildman–Crippen MR) is 109 cm³/mol. The van der Waals surface area contributed by atoms with E-state index in [0.717, 1.165) is 6.42 Å². The molecule has 0 aliphatic carbocycles. The fourth-order valence-electron chi connectivity index (χ4n) is 2.83. The van der Waals surface area contributed by atoms with Crippen molar-refractivity contribution in [2.45, 2.75) is 19.9 Å². The summed E-state index contributed by atoms with van der Waals surface area (Å²) in [5.41, 5.74) is 0.513. The van der Waals surface area contributed by atoms with E-state index in [2.05, 4.69) is 9.97 Å². The normalized spacial score (nSPS) is 11.2. The summed E-state index contributed by atoms with van der Waals surface area (Å²) >= 11 is 5.98. The minimum atomic E-state index is -0.397. The standard InChI is InChI=1S/C21H19ClFN3O2/c1-2-11-26(20(27)10-7-14-5-3-4-6-17(14)23)13-19-24-18-12-15(22)8-9-16(18)21(28)25-19/h3-10,12H,2,11,13H2,1H3,(H,24,25,28)/b10-7+. The lowest BCUT2D eigenvalue weighted by atomic mass is 10.2. The lowest BCUT2D eigenvalue weighted by Gasteiger charge is -2.20. The van der Waals surface area contributed by atoms with Crippen molar-refractivity contribution < 1.29 is 9.18 Å². The topological polar surface area (TPSA) is 66.1 Å². The molecule has 0 spiro atoms. The summed E-state index contributed by atoms with van der Waals surface area (Å²) in [6.07, 6.45) is 3.49. The Morgan fingerprint density at radius 2 is 2.07 bits per heavy atom. The first-order chi connectivity index (χ1) is 13.5. The van der Waals surface area contributed by atoms with Crippen LogP contribution in [-0.2, 0) is 11.3 Å². The lowest BCUT2D eigenvalue weighted by molar-refractivity contribution is -0.126. The van der Waals surface area contributed by atoms with Gasteiger partial charge in [0.05, 0.1) is 17.4 Å². The molecule has 0 aliphatic heterocycles. The molecule has 0 saturated carbocycles. The first-order valence-corrected chi connectivity index (χ1v) is 9.25. The molecule has 1 heterocycles. The molecule has 2 aromatic carbocycles. The van der Waals surface area contributed by atoms with E-state index < -0.39 is 5.82 Å². The van der Waals surface area contributed by atoms with Gasteiger partial charge in [-0.25, -0.2) is 9.37 Å². The second kappa shape index (κ2) is 8.80. The summed E-state index contributed by atoms with van der Waals surface area (Å²) in [6.45, 7) is 2.54. The monoisotopic (exact) mass is 399 g/mol. The number of hydrogen-bond donors (Lipinski definition) is 1. The van der Waals surface area contributed by atoms with Crippen LogP contribution >= 0.6 is 11.6 Å². The maximum Gasteiger partial charge on any atom is 0.258 e. The largest absolute Gasteiger partial charge is 0.332 e. The Hall–Kier alpha value is -2.99.